The van der Waals surface area contributed by atoms with Gasteiger partial charge in [0.25, 0.3) is 0 Å². The topological polar surface area (TPSA) is 95.6 Å². The number of nitrogens with one attached hydrogen (secondary N) is 1. The molecule has 9 heteroatoms. The standard InChI is InChI=1S/C22H24N6O3.CH4/c1-22(12-31-13-22)11-23-9-16-5-8-18-19-24-14-25-28(19)21(29)27(20(18)26-16)10-15-3-6-17(30-2)7-4-15;/h3-8,14,23H,9-13H2,1-2H3;1H4. The smallest absolute Gasteiger partial charge is 0.352 e. The van der Waals surface area contributed by atoms with Crippen molar-refractivity contribution < 1.29 is 9.47 Å². The first-order valence-corrected chi connectivity index (χ1v) is 10.2. The predicted molar refractivity (Wildman–Crippen MR) is 122 cm³/mol. The lowest BCUT2D eigenvalue weighted by atomic mass is 9.89. The zero-order valence-corrected chi connectivity index (χ0v) is 17.5. The molecule has 3 aromatic heterocycles. The van der Waals surface area contributed by atoms with Crippen LogP contribution < -0.4 is 15.7 Å². The summed E-state index contributed by atoms with van der Waals surface area (Å²) < 4.78 is 13.5. The Morgan fingerprint density at radius 2 is 1.94 bits per heavy atom. The lowest BCUT2D eigenvalue weighted by molar-refractivity contribution is -0.0991. The molecule has 0 bridgehead atoms. The van der Waals surface area contributed by atoms with E-state index in [2.05, 4.69) is 22.3 Å². The van der Waals surface area contributed by atoms with Crippen molar-refractivity contribution in [3.63, 3.8) is 0 Å². The molecule has 0 radical (unpaired) electrons. The van der Waals surface area contributed by atoms with E-state index >= 15 is 0 Å². The Hall–Kier alpha value is -3.30. The highest BCUT2D eigenvalue weighted by molar-refractivity contribution is 5.88. The number of nitrogens with zero attached hydrogens (tertiary/aromatic N) is 5. The van der Waals surface area contributed by atoms with Crippen molar-refractivity contribution in [3.8, 4) is 5.75 Å². The average molecular weight is 437 g/mol. The largest absolute Gasteiger partial charge is 0.497 e. The van der Waals surface area contributed by atoms with Crippen molar-refractivity contribution in [3.05, 3.63) is 64.5 Å². The second-order valence-corrected chi connectivity index (χ2v) is 8.29. The molecule has 1 aliphatic heterocycles. The molecule has 5 rings (SSSR count). The number of methoxy groups -OCH3 is 1. The van der Waals surface area contributed by atoms with E-state index < -0.39 is 0 Å². The molecule has 1 saturated heterocycles. The van der Waals surface area contributed by atoms with Gasteiger partial charge in [-0.25, -0.2) is 14.8 Å². The van der Waals surface area contributed by atoms with Crippen molar-refractivity contribution >= 4 is 16.7 Å². The first-order chi connectivity index (χ1) is 15.1. The summed E-state index contributed by atoms with van der Waals surface area (Å²) in [7, 11) is 1.63. The number of benzene rings is 1. The minimum absolute atomic E-state index is 0. The van der Waals surface area contributed by atoms with E-state index in [0.29, 0.717) is 24.4 Å². The van der Waals surface area contributed by atoms with Gasteiger partial charge in [-0.15, -0.1) is 0 Å². The van der Waals surface area contributed by atoms with E-state index in [1.165, 1.54) is 10.8 Å². The van der Waals surface area contributed by atoms with Gasteiger partial charge < -0.3 is 14.8 Å². The summed E-state index contributed by atoms with van der Waals surface area (Å²) in [6, 6.07) is 11.6. The molecule has 0 amide bonds. The van der Waals surface area contributed by atoms with E-state index in [0.717, 1.165) is 42.2 Å². The molecular formula is C23H28N6O3. The summed E-state index contributed by atoms with van der Waals surface area (Å²) in [6.45, 7) is 5.59. The van der Waals surface area contributed by atoms with Gasteiger partial charge in [-0.2, -0.15) is 9.61 Å². The van der Waals surface area contributed by atoms with Crippen LogP contribution in [0.4, 0.5) is 0 Å². The molecule has 1 aliphatic rings. The van der Waals surface area contributed by atoms with E-state index in [1.54, 1.807) is 11.7 Å². The van der Waals surface area contributed by atoms with Gasteiger partial charge in [0.2, 0.25) is 0 Å². The van der Waals surface area contributed by atoms with Crippen LogP contribution in [-0.2, 0) is 17.8 Å². The maximum atomic E-state index is 13.2. The van der Waals surface area contributed by atoms with E-state index in [4.69, 9.17) is 14.5 Å². The molecule has 1 aromatic carbocycles. The highest BCUT2D eigenvalue weighted by atomic mass is 16.5. The number of aromatic nitrogens is 5. The zero-order chi connectivity index (χ0) is 21.4. The molecule has 4 aromatic rings. The fraction of sp³-hybridized carbons (Fsp3) is 0.391. The van der Waals surface area contributed by atoms with Crippen LogP contribution in [-0.4, -0.2) is 51.0 Å². The van der Waals surface area contributed by atoms with E-state index in [-0.39, 0.29) is 18.5 Å². The first kappa shape index (κ1) is 21.9. The number of hydrogen-bond donors (Lipinski definition) is 1. The van der Waals surface area contributed by atoms with Crippen LogP contribution in [0.5, 0.6) is 5.75 Å². The molecule has 168 valence electrons. The lowest BCUT2D eigenvalue weighted by Gasteiger charge is -2.38. The van der Waals surface area contributed by atoms with Crippen LogP contribution in [0, 0.1) is 5.41 Å². The Bertz CT molecular complexity index is 1290. The van der Waals surface area contributed by atoms with Crippen molar-refractivity contribution in [1.82, 2.24) is 29.5 Å². The predicted octanol–water partition coefficient (Wildman–Crippen LogP) is 2.26. The zero-order valence-electron chi connectivity index (χ0n) is 17.5. The van der Waals surface area contributed by atoms with E-state index in [1.807, 2.05) is 36.4 Å². The highest BCUT2D eigenvalue weighted by Crippen LogP contribution is 2.25. The summed E-state index contributed by atoms with van der Waals surface area (Å²) in [5, 5.41) is 8.36. The minimum Gasteiger partial charge on any atom is -0.497 e. The molecule has 1 fully saturated rings. The van der Waals surface area contributed by atoms with Crippen molar-refractivity contribution in [2.45, 2.75) is 27.4 Å². The number of ether oxygens (including phenoxy) is 2. The molecule has 1 N–H and O–H groups in total. The maximum Gasteiger partial charge on any atom is 0.352 e. The number of fused-ring (bicyclic) bond motifs is 3. The molecule has 4 heterocycles. The third-order valence-electron chi connectivity index (χ3n) is 5.65. The lowest BCUT2D eigenvalue weighted by Crippen LogP contribution is -2.47. The van der Waals surface area contributed by atoms with E-state index in [9.17, 15) is 4.79 Å². The second kappa shape index (κ2) is 8.68. The highest BCUT2D eigenvalue weighted by Gasteiger charge is 2.32. The van der Waals surface area contributed by atoms with Crippen molar-refractivity contribution in [2.24, 2.45) is 5.41 Å². The summed E-state index contributed by atoms with van der Waals surface area (Å²) in [6.07, 6.45) is 1.39. The minimum atomic E-state index is -0.271. The molecule has 0 saturated carbocycles. The second-order valence-electron chi connectivity index (χ2n) is 8.29. The van der Waals surface area contributed by atoms with Crippen molar-refractivity contribution in [2.75, 3.05) is 26.9 Å². The van der Waals surface area contributed by atoms with Gasteiger partial charge in [0.15, 0.2) is 5.65 Å². The normalized spacial score (nSPS) is 14.8. The average Bonchev–Trinajstić information content (AvgIpc) is 3.26. The van der Waals surface area contributed by atoms with Crippen LogP contribution in [0.15, 0.2) is 47.5 Å². The third-order valence-corrected chi connectivity index (χ3v) is 5.65. The molecular weight excluding hydrogens is 408 g/mol. The van der Waals surface area contributed by atoms with Crippen LogP contribution in [0.1, 0.15) is 25.6 Å². The Morgan fingerprint density at radius 3 is 2.62 bits per heavy atom. The monoisotopic (exact) mass is 436 g/mol. The van der Waals surface area contributed by atoms with Gasteiger partial charge in [-0.05, 0) is 29.8 Å². The van der Waals surface area contributed by atoms with Crippen molar-refractivity contribution in [1.29, 1.82) is 0 Å². The van der Waals surface area contributed by atoms with Crippen LogP contribution in [0.25, 0.3) is 16.7 Å². The van der Waals surface area contributed by atoms with Crippen LogP contribution in [0.2, 0.25) is 0 Å². The summed E-state index contributed by atoms with van der Waals surface area (Å²) in [5.74, 6) is 0.768. The summed E-state index contributed by atoms with van der Waals surface area (Å²) in [5.41, 5.74) is 2.85. The van der Waals surface area contributed by atoms with Crippen LogP contribution in [0.3, 0.4) is 0 Å². The molecule has 32 heavy (non-hydrogen) atoms. The van der Waals surface area contributed by atoms with Gasteiger partial charge in [0, 0.05) is 18.5 Å². The third kappa shape index (κ3) is 3.96. The van der Waals surface area contributed by atoms with Crippen LogP contribution >= 0.6 is 0 Å². The SMILES string of the molecule is C.COc1ccc(Cn2c(=O)n3ncnc3c3ccc(CNCC4(C)COC4)nc32)cc1. The molecule has 0 unspecified atom stereocenters. The molecule has 9 nitrogen and oxygen atoms in total. The van der Waals surface area contributed by atoms with Gasteiger partial charge in [0.05, 0.1) is 37.9 Å². The Balaban J connectivity index is 0.00000245. The molecule has 0 spiro atoms. The summed E-state index contributed by atoms with van der Waals surface area (Å²) in [4.78, 5) is 22.3. The number of hydrogen-bond acceptors (Lipinski definition) is 7. The molecule has 0 atom stereocenters. The van der Waals surface area contributed by atoms with Gasteiger partial charge in [-0.1, -0.05) is 26.5 Å². The number of rotatable bonds is 7. The quantitative estimate of drug-likeness (QED) is 0.475. The first-order valence-electron chi connectivity index (χ1n) is 10.2. The number of pyridine rings is 1. The van der Waals surface area contributed by atoms with Gasteiger partial charge in [-0.3, -0.25) is 4.57 Å². The Kier molecular flexibility index (Phi) is 5.94. The maximum absolute atomic E-state index is 13.2. The summed E-state index contributed by atoms with van der Waals surface area (Å²) >= 11 is 0. The fourth-order valence-corrected chi connectivity index (χ4v) is 3.84. The fourth-order valence-electron chi connectivity index (χ4n) is 3.84. The Morgan fingerprint density at radius 1 is 1.16 bits per heavy atom. The van der Waals surface area contributed by atoms with Gasteiger partial charge >= 0.3 is 5.69 Å². The Labute approximate surface area is 186 Å². The van der Waals surface area contributed by atoms with Gasteiger partial charge in [0.1, 0.15) is 17.7 Å². The molecule has 0 aliphatic carbocycles.